The summed E-state index contributed by atoms with van der Waals surface area (Å²) in [6.07, 6.45) is 0.943. The minimum atomic E-state index is -2.43. The van der Waals surface area contributed by atoms with Crippen molar-refractivity contribution in [3.05, 3.63) is 71.8 Å². The molecular formula is C24H27N3O5S. The Bertz CT molecular complexity index is 1150. The molecule has 3 rings (SSSR count). The number of esters is 1. The summed E-state index contributed by atoms with van der Waals surface area (Å²) in [5.74, 6) is 0.214. The standard InChI is InChI=1S/C24H27N3O5S/c1-4-13-26-22-15-19(9-11-21(22)25)32-18-10-12-23(20(14-18)24(28)31-3)27(33(29)30)17-7-5-16(2)6-8-17/h5-12,14-15,26H,4,13,25H2,1-3H3,(H,29,30). The maximum atomic E-state index is 12.6. The summed E-state index contributed by atoms with van der Waals surface area (Å²) in [7, 11) is 1.25. The molecule has 0 aliphatic heterocycles. The lowest BCUT2D eigenvalue weighted by molar-refractivity contribution is 0.0601. The number of benzene rings is 3. The van der Waals surface area contributed by atoms with Crippen LogP contribution in [0.4, 0.5) is 22.7 Å². The summed E-state index contributed by atoms with van der Waals surface area (Å²) in [6.45, 7) is 4.73. The molecule has 0 saturated heterocycles. The third-order valence-corrected chi connectivity index (χ3v) is 5.56. The fourth-order valence-electron chi connectivity index (χ4n) is 3.17. The van der Waals surface area contributed by atoms with Crippen LogP contribution in [0.1, 0.15) is 29.3 Å². The number of hydrogen-bond acceptors (Lipinski definition) is 6. The molecule has 3 aromatic rings. The summed E-state index contributed by atoms with van der Waals surface area (Å²) < 4.78 is 34.2. The molecule has 3 aromatic carbocycles. The summed E-state index contributed by atoms with van der Waals surface area (Å²) >= 11 is -2.43. The van der Waals surface area contributed by atoms with E-state index in [-0.39, 0.29) is 11.3 Å². The first-order valence-corrected chi connectivity index (χ1v) is 11.4. The highest BCUT2D eigenvalue weighted by atomic mass is 32.2. The van der Waals surface area contributed by atoms with E-state index in [1.54, 1.807) is 42.5 Å². The predicted molar refractivity (Wildman–Crippen MR) is 132 cm³/mol. The van der Waals surface area contributed by atoms with Gasteiger partial charge in [-0.15, -0.1) is 0 Å². The van der Waals surface area contributed by atoms with Crippen LogP contribution in [0.5, 0.6) is 11.5 Å². The molecule has 9 heteroatoms. The van der Waals surface area contributed by atoms with Crippen LogP contribution < -0.4 is 20.1 Å². The number of rotatable bonds is 9. The largest absolute Gasteiger partial charge is 0.465 e. The van der Waals surface area contributed by atoms with Gasteiger partial charge in [-0.05, 0) is 55.8 Å². The molecule has 8 nitrogen and oxygen atoms in total. The van der Waals surface area contributed by atoms with Crippen molar-refractivity contribution in [1.29, 1.82) is 0 Å². The van der Waals surface area contributed by atoms with Gasteiger partial charge in [0.25, 0.3) is 11.3 Å². The van der Waals surface area contributed by atoms with Crippen LogP contribution >= 0.6 is 0 Å². The van der Waals surface area contributed by atoms with Gasteiger partial charge < -0.3 is 20.5 Å². The summed E-state index contributed by atoms with van der Waals surface area (Å²) in [6, 6.07) is 16.9. The average Bonchev–Trinajstić information content (AvgIpc) is 2.80. The molecule has 0 aliphatic carbocycles. The smallest absolute Gasteiger partial charge is 0.340 e. The second kappa shape index (κ2) is 10.8. The van der Waals surface area contributed by atoms with Gasteiger partial charge in [-0.2, -0.15) is 0 Å². The number of carbonyl (C=O) groups excluding carboxylic acids is 1. The molecule has 33 heavy (non-hydrogen) atoms. The number of nitrogens with one attached hydrogen (secondary N) is 1. The minimum Gasteiger partial charge on any atom is -0.465 e. The predicted octanol–water partition coefficient (Wildman–Crippen LogP) is 5.25. The number of nitrogens with zero attached hydrogens (tertiary/aromatic N) is 1. The second-order valence-electron chi connectivity index (χ2n) is 7.31. The first-order chi connectivity index (χ1) is 15.8. The molecule has 0 heterocycles. The Hall–Kier alpha value is -3.56. The Morgan fingerprint density at radius 3 is 2.39 bits per heavy atom. The Labute approximate surface area is 195 Å². The Morgan fingerprint density at radius 1 is 1.09 bits per heavy atom. The molecule has 0 bridgehead atoms. The van der Waals surface area contributed by atoms with Crippen molar-refractivity contribution in [1.82, 2.24) is 0 Å². The first kappa shape index (κ1) is 24.1. The lowest BCUT2D eigenvalue weighted by atomic mass is 10.1. The molecule has 0 saturated carbocycles. The van der Waals surface area contributed by atoms with E-state index in [4.69, 9.17) is 15.2 Å². The first-order valence-electron chi connectivity index (χ1n) is 10.4. The number of methoxy groups -OCH3 is 1. The van der Waals surface area contributed by atoms with Crippen LogP contribution in [0, 0.1) is 6.92 Å². The van der Waals surface area contributed by atoms with Gasteiger partial charge in [0.1, 0.15) is 11.5 Å². The maximum Gasteiger partial charge on any atom is 0.340 e. The molecule has 1 unspecified atom stereocenters. The SMILES string of the molecule is CCCNc1cc(Oc2ccc(N(c3ccc(C)cc3)S(=O)O)c(C(=O)OC)c2)ccc1N. The van der Waals surface area contributed by atoms with Crippen LogP contribution in [0.15, 0.2) is 60.7 Å². The zero-order chi connectivity index (χ0) is 24.0. The summed E-state index contributed by atoms with van der Waals surface area (Å²) in [5, 5.41) is 3.24. The third kappa shape index (κ3) is 5.82. The van der Waals surface area contributed by atoms with Gasteiger partial charge in [-0.25, -0.2) is 13.3 Å². The Kier molecular flexibility index (Phi) is 7.92. The number of ether oxygens (including phenoxy) is 2. The molecule has 0 aromatic heterocycles. The van der Waals surface area contributed by atoms with Gasteiger partial charge in [0.2, 0.25) is 0 Å². The monoisotopic (exact) mass is 469 g/mol. The van der Waals surface area contributed by atoms with Crippen molar-refractivity contribution in [3.8, 4) is 11.5 Å². The van der Waals surface area contributed by atoms with E-state index in [2.05, 4.69) is 12.2 Å². The molecule has 0 radical (unpaired) electrons. The van der Waals surface area contributed by atoms with E-state index >= 15 is 0 Å². The topological polar surface area (TPSA) is 114 Å². The lowest BCUT2D eigenvalue weighted by Crippen LogP contribution is -2.22. The highest BCUT2D eigenvalue weighted by Gasteiger charge is 2.23. The molecule has 1 atom stereocenters. The lowest BCUT2D eigenvalue weighted by Gasteiger charge is -2.23. The van der Waals surface area contributed by atoms with Crippen molar-refractivity contribution >= 4 is 40.0 Å². The minimum absolute atomic E-state index is 0.0813. The van der Waals surface area contributed by atoms with Gasteiger partial charge in [0.05, 0.1) is 35.4 Å². The highest BCUT2D eigenvalue weighted by Crippen LogP contribution is 2.35. The van der Waals surface area contributed by atoms with Crippen LogP contribution in [0.3, 0.4) is 0 Å². The van der Waals surface area contributed by atoms with E-state index in [9.17, 15) is 13.6 Å². The van der Waals surface area contributed by atoms with Crippen LogP contribution in [0.2, 0.25) is 0 Å². The van der Waals surface area contributed by atoms with E-state index in [1.807, 2.05) is 19.1 Å². The summed E-state index contributed by atoms with van der Waals surface area (Å²) in [5.41, 5.74) is 9.10. The van der Waals surface area contributed by atoms with E-state index < -0.39 is 17.2 Å². The number of nitrogen functional groups attached to an aromatic ring is 1. The van der Waals surface area contributed by atoms with Crippen LogP contribution in [0.25, 0.3) is 0 Å². The Morgan fingerprint density at radius 2 is 1.76 bits per heavy atom. The molecule has 0 amide bonds. The van der Waals surface area contributed by atoms with Gasteiger partial charge in [-0.3, -0.25) is 4.55 Å². The van der Waals surface area contributed by atoms with Crippen molar-refractivity contribution in [2.24, 2.45) is 0 Å². The third-order valence-electron chi connectivity index (χ3n) is 4.84. The number of anilines is 4. The summed E-state index contributed by atoms with van der Waals surface area (Å²) in [4.78, 5) is 12.6. The van der Waals surface area contributed by atoms with Crippen LogP contribution in [-0.2, 0) is 16.0 Å². The van der Waals surface area contributed by atoms with Crippen molar-refractivity contribution in [3.63, 3.8) is 0 Å². The zero-order valence-corrected chi connectivity index (χ0v) is 19.5. The molecular weight excluding hydrogens is 442 g/mol. The fraction of sp³-hybridized carbons (Fsp3) is 0.208. The molecule has 0 fully saturated rings. The number of aryl methyl sites for hydroxylation is 1. The number of nitrogens with two attached hydrogens (primary N) is 1. The van der Waals surface area contributed by atoms with Gasteiger partial charge in [-0.1, -0.05) is 24.6 Å². The molecule has 174 valence electrons. The zero-order valence-electron chi connectivity index (χ0n) is 18.7. The molecule has 0 aliphatic rings. The van der Waals surface area contributed by atoms with Crippen molar-refractivity contribution in [2.45, 2.75) is 20.3 Å². The van der Waals surface area contributed by atoms with Crippen LogP contribution in [-0.4, -0.2) is 28.4 Å². The molecule has 4 N–H and O–H groups in total. The number of hydrogen-bond donors (Lipinski definition) is 3. The van der Waals surface area contributed by atoms with Crippen molar-refractivity contribution < 1.29 is 23.0 Å². The van der Waals surface area contributed by atoms with Gasteiger partial charge in [0.15, 0.2) is 0 Å². The van der Waals surface area contributed by atoms with E-state index in [0.29, 0.717) is 22.9 Å². The highest BCUT2D eigenvalue weighted by molar-refractivity contribution is 7.81. The quantitative estimate of drug-likeness (QED) is 0.223. The van der Waals surface area contributed by atoms with Gasteiger partial charge in [0, 0.05) is 12.6 Å². The number of carbonyl (C=O) groups is 1. The van der Waals surface area contributed by atoms with Gasteiger partial charge >= 0.3 is 5.97 Å². The average molecular weight is 470 g/mol. The fourth-order valence-corrected chi connectivity index (χ4v) is 3.80. The normalized spacial score (nSPS) is 11.5. The molecule has 0 spiro atoms. The maximum absolute atomic E-state index is 12.6. The Balaban J connectivity index is 1.99. The van der Waals surface area contributed by atoms with E-state index in [1.165, 1.54) is 13.2 Å². The van der Waals surface area contributed by atoms with Crippen molar-refractivity contribution in [2.75, 3.05) is 29.0 Å². The second-order valence-corrected chi connectivity index (χ2v) is 8.14. The van der Waals surface area contributed by atoms with E-state index in [0.717, 1.165) is 28.5 Å².